The summed E-state index contributed by atoms with van der Waals surface area (Å²) in [7, 11) is 0. The Morgan fingerprint density at radius 1 is 0.261 bits per heavy atom. The van der Waals surface area contributed by atoms with Gasteiger partial charge in [-0.1, -0.05) is 200 Å². The van der Waals surface area contributed by atoms with Gasteiger partial charge in [0.25, 0.3) is 0 Å². The number of nitrogens with zero attached hydrogens (tertiary/aromatic N) is 6. The summed E-state index contributed by atoms with van der Waals surface area (Å²) in [5.74, 6) is 1.72. The highest BCUT2D eigenvalue weighted by molar-refractivity contribution is 6.27. The zero-order valence-electron chi connectivity index (χ0n) is 37.3. The van der Waals surface area contributed by atoms with Gasteiger partial charge in [0, 0.05) is 49.1 Å². The molecule has 69 heavy (non-hydrogen) atoms. The summed E-state index contributed by atoms with van der Waals surface area (Å²) in [6.07, 6.45) is 0. The molecular weight excluding hydrogens is 841 g/mol. The smallest absolute Gasteiger partial charge is 0.238 e. The molecule has 0 saturated heterocycles. The van der Waals surface area contributed by atoms with E-state index in [0.29, 0.717) is 17.6 Å². The van der Waals surface area contributed by atoms with Crippen LogP contribution in [-0.2, 0) is 0 Å². The Morgan fingerprint density at radius 3 is 1.14 bits per heavy atom. The maximum Gasteiger partial charge on any atom is 0.238 e. The van der Waals surface area contributed by atoms with Gasteiger partial charge in [-0.05, 0) is 64.7 Å². The van der Waals surface area contributed by atoms with Crippen molar-refractivity contribution in [3.05, 3.63) is 243 Å². The van der Waals surface area contributed by atoms with Crippen LogP contribution in [-0.4, -0.2) is 28.7 Å². The number of hydrogen-bond acceptors (Lipinski definition) is 3. The van der Waals surface area contributed by atoms with Crippen LogP contribution >= 0.6 is 0 Å². The van der Waals surface area contributed by atoms with Gasteiger partial charge >= 0.3 is 0 Å². The molecule has 0 spiro atoms. The quantitative estimate of drug-likeness (QED) is 0.160. The van der Waals surface area contributed by atoms with E-state index in [2.05, 4.69) is 244 Å². The number of aromatic nitrogens is 6. The van der Waals surface area contributed by atoms with Crippen molar-refractivity contribution in [2.75, 3.05) is 0 Å². The first kappa shape index (κ1) is 38.8. The summed E-state index contributed by atoms with van der Waals surface area (Å²) >= 11 is 0. The van der Waals surface area contributed by atoms with Gasteiger partial charge in [0.15, 0.2) is 11.6 Å². The van der Waals surface area contributed by atoms with E-state index in [0.717, 1.165) is 99.4 Å². The zero-order valence-corrected chi connectivity index (χ0v) is 37.3. The SMILES string of the molecule is c1ccc(-c2ccc(-c3nc(-c4ccc(-c5ccccc5)cc4)nc(-n4c5ccccc5c5cc(-n6c7ccccc7c7ccccc76)c6c7ccccc7n(-c7ccccc7)c6c54)n3)cc2)cc1. The fourth-order valence-corrected chi connectivity index (χ4v) is 10.6. The molecule has 4 aromatic heterocycles. The molecule has 0 aliphatic heterocycles. The maximum absolute atomic E-state index is 5.48. The molecule has 0 unspecified atom stereocenters. The monoisotopic (exact) mass is 880 g/mol. The first-order valence-electron chi connectivity index (χ1n) is 23.4. The van der Waals surface area contributed by atoms with Crippen LogP contribution in [0.3, 0.4) is 0 Å². The van der Waals surface area contributed by atoms with Gasteiger partial charge in [0.1, 0.15) is 0 Å². The standard InChI is InChI=1S/C63H40N6/c1-4-18-41(19-5-1)43-32-36-45(37-33-43)61-64-62(46-38-34-44(35-39-46)42-20-6-2-7-21-42)66-63(65-61)69-55-30-16-12-26-50(55)52-40-57(68-53-28-14-10-24-48(53)49-25-11-15-29-54(49)68)58-51-27-13-17-31-56(51)67(60(58)59(52)69)47-22-8-3-9-23-47/h1-40H. The van der Waals surface area contributed by atoms with Crippen molar-refractivity contribution < 1.29 is 0 Å². The minimum atomic E-state index is 0.538. The number of hydrogen-bond donors (Lipinski definition) is 0. The lowest BCUT2D eigenvalue weighted by molar-refractivity contribution is 0.953. The summed E-state index contributed by atoms with van der Waals surface area (Å²) in [6, 6.07) is 86.2. The molecule has 0 bridgehead atoms. The van der Waals surface area contributed by atoms with Crippen LogP contribution in [0.2, 0.25) is 0 Å². The van der Waals surface area contributed by atoms with Crippen LogP contribution in [0, 0.1) is 0 Å². The van der Waals surface area contributed by atoms with E-state index in [1.54, 1.807) is 0 Å². The molecule has 0 fully saturated rings. The molecule has 6 nitrogen and oxygen atoms in total. The van der Waals surface area contributed by atoms with E-state index >= 15 is 0 Å². The Labute approximate surface area is 397 Å². The number of para-hydroxylation sites is 5. The minimum absolute atomic E-state index is 0.538. The van der Waals surface area contributed by atoms with Crippen LogP contribution in [0.5, 0.6) is 0 Å². The highest BCUT2D eigenvalue weighted by Crippen LogP contribution is 2.46. The van der Waals surface area contributed by atoms with Gasteiger partial charge in [0.05, 0.1) is 38.8 Å². The molecule has 14 rings (SSSR count). The number of rotatable bonds is 7. The summed E-state index contributed by atoms with van der Waals surface area (Å²) in [5, 5.41) is 6.92. The maximum atomic E-state index is 5.48. The second kappa shape index (κ2) is 15.6. The lowest BCUT2D eigenvalue weighted by atomic mass is 10.0. The minimum Gasteiger partial charge on any atom is -0.309 e. The van der Waals surface area contributed by atoms with Gasteiger partial charge in [-0.2, -0.15) is 9.97 Å². The molecule has 0 N–H and O–H groups in total. The molecule has 322 valence electrons. The van der Waals surface area contributed by atoms with Crippen molar-refractivity contribution in [1.29, 1.82) is 0 Å². The predicted octanol–water partition coefficient (Wildman–Crippen LogP) is 15.8. The van der Waals surface area contributed by atoms with Crippen LogP contribution in [0.1, 0.15) is 0 Å². The van der Waals surface area contributed by atoms with Gasteiger partial charge in [-0.25, -0.2) is 4.98 Å². The van der Waals surface area contributed by atoms with E-state index in [-0.39, 0.29) is 0 Å². The Morgan fingerprint density at radius 2 is 0.638 bits per heavy atom. The fraction of sp³-hybridized carbons (Fsp3) is 0. The van der Waals surface area contributed by atoms with Crippen molar-refractivity contribution in [3.8, 4) is 62.4 Å². The van der Waals surface area contributed by atoms with Gasteiger partial charge < -0.3 is 9.13 Å². The van der Waals surface area contributed by atoms with Crippen molar-refractivity contribution in [3.63, 3.8) is 0 Å². The third-order valence-electron chi connectivity index (χ3n) is 13.7. The zero-order chi connectivity index (χ0) is 45.4. The normalized spacial score (nSPS) is 11.8. The molecule has 14 aromatic rings. The van der Waals surface area contributed by atoms with Crippen LogP contribution in [0.25, 0.3) is 128 Å². The number of fused-ring (bicyclic) bond motifs is 10. The van der Waals surface area contributed by atoms with Crippen molar-refractivity contribution in [2.45, 2.75) is 0 Å². The lowest BCUT2D eigenvalue weighted by Gasteiger charge is -2.16. The molecule has 6 heteroatoms. The molecule has 0 aliphatic carbocycles. The van der Waals surface area contributed by atoms with Gasteiger partial charge in [-0.3, -0.25) is 4.57 Å². The Kier molecular flexibility index (Phi) is 8.79. The highest BCUT2D eigenvalue weighted by atomic mass is 15.2. The summed E-state index contributed by atoms with van der Waals surface area (Å²) in [6.45, 7) is 0. The second-order valence-electron chi connectivity index (χ2n) is 17.6. The van der Waals surface area contributed by atoms with Crippen LogP contribution in [0.4, 0.5) is 0 Å². The van der Waals surface area contributed by atoms with Crippen molar-refractivity contribution in [1.82, 2.24) is 28.7 Å². The van der Waals surface area contributed by atoms with Crippen LogP contribution < -0.4 is 0 Å². The lowest BCUT2D eigenvalue weighted by Crippen LogP contribution is -2.07. The topological polar surface area (TPSA) is 53.5 Å². The third kappa shape index (κ3) is 6.16. The summed E-state index contributed by atoms with van der Waals surface area (Å²) < 4.78 is 7.19. The average Bonchev–Trinajstić information content (AvgIpc) is 4.08. The largest absolute Gasteiger partial charge is 0.309 e. The summed E-state index contributed by atoms with van der Waals surface area (Å²) in [5.41, 5.74) is 15.0. The van der Waals surface area contributed by atoms with E-state index in [9.17, 15) is 0 Å². The van der Waals surface area contributed by atoms with E-state index in [1.165, 1.54) is 10.8 Å². The number of benzene rings is 10. The Balaban J connectivity index is 1.11. The van der Waals surface area contributed by atoms with Crippen LogP contribution in [0.15, 0.2) is 243 Å². The Hall–Kier alpha value is -9.39. The van der Waals surface area contributed by atoms with E-state index < -0.39 is 0 Å². The Bertz CT molecular complexity index is 4110. The molecular formula is C63H40N6. The second-order valence-corrected chi connectivity index (χ2v) is 17.6. The first-order valence-corrected chi connectivity index (χ1v) is 23.4. The average molecular weight is 881 g/mol. The molecule has 0 saturated carbocycles. The van der Waals surface area contributed by atoms with E-state index in [4.69, 9.17) is 15.0 Å². The predicted molar refractivity (Wildman–Crippen MR) is 285 cm³/mol. The highest BCUT2D eigenvalue weighted by Gasteiger charge is 2.27. The first-order chi connectivity index (χ1) is 34.2. The third-order valence-corrected chi connectivity index (χ3v) is 13.7. The fourth-order valence-electron chi connectivity index (χ4n) is 10.6. The molecule has 0 radical (unpaired) electrons. The van der Waals surface area contributed by atoms with Gasteiger partial charge in [-0.15, -0.1) is 0 Å². The van der Waals surface area contributed by atoms with E-state index in [1.807, 2.05) is 12.1 Å². The molecule has 0 atom stereocenters. The van der Waals surface area contributed by atoms with Crippen molar-refractivity contribution in [2.24, 2.45) is 0 Å². The van der Waals surface area contributed by atoms with Crippen molar-refractivity contribution >= 4 is 65.4 Å². The molecule has 0 amide bonds. The van der Waals surface area contributed by atoms with Gasteiger partial charge in [0.2, 0.25) is 5.95 Å². The summed E-state index contributed by atoms with van der Waals surface area (Å²) in [4.78, 5) is 16.2. The molecule has 4 heterocycles. The molecule has 0 aliphatic rings. The molecule has 10 aromatic carbocycles.